The molecule has 1 heteroatoms. The van der Waals surface area contributed by atoms with Crippen LogP contribution in [0, 0.1) is 6.92 Å². The maximum absolute atomic E-state index is 2.56. The van der Waals surface area contributed by atoms with Crippen molar-refractivity contribution in [3.8, 4) is 0 Å². The SMILES string of the molecule is Cc1cccc2c1CCN(C(C)(C)C)C2. The minimum absolute atomic E-state index is 0.293. The smallest absolute Gasteiger partial charge is 0.0241 e. The molecule has 1 aliphatic heterocycles. The van der Waals surface area contributed by atoms with E-state index in [1.54, 1.807) is 5.56 Å². The van der Waals surface area contributed by atoms with E-state index in [1.807, 2.05) is 0 Å². The molecule has 1 heterocycles. The molecular weight excluding hydrogens is 182 g/mol. The third-order valence-electron chi connectivity index (χ3n) is 3.45. The largest absolute Gasteiger partial charge is 0.294 e. The van der Waals surface area contributed by atoms with Gasteiger partial charge in [0.15, 0.2) is 0 Å². The van der Waals surface area contributed by atoms with Crippen molar-refractivity contribution in [2.24, 2.45) is 0 Å². The molecule has 1 aromatic carbocycles. The maximum Gasteiger partial charge on any atom is 0.0241 e. The minimum Gasteiger partial charge on any atom is -0.294 e. The van der Waals surface area contributed by atoms with E-state index < -0.39 is 0 Å². The van der Waals surface area contributed by atoms with E-state index in [-0.39, 0.29) is 0 Å². The second-order valence-corrected chi connectivity index (χ2v) is 5.55. The number of rotatable bonds is 0. The molecule has 2 rings (SSSR count). The van der Waals surface area contributed by atoms with E-state index in [0.29, 0.717) is 5.54 Å². The van der Waals surface area contributed by atoms with Gasteiger partial charge in [0, 0.05) is 18.6 Å². The molecule has 1 nitrogen and oxygen atoms in total. The first kappa shape index (κ1) is 10.7. The van der Waals surface area contributed by atoms with Crippen LogP contribution in [-0.4, -0.2) is 17.0 Å². The first-order chi connectivity index (χ1) is 6.98. The summed E-state index contributed by atoms with van der Waals surface area (Å²) in [6.07, 6.45) is 1.21. The Morgan fingerprint density at radius 3 is 2.60 bits per heavy atom. The highest BCUT2D eigenvalue weighted by atomic mass is 15.2. The zero-order valence-corrected chi connectivity index (χ0v) is 10.3. The molecule has 82 valence electrons. The second-order valence-electron chi connectivity index (χ2n) is 5.55. The monoisotopic (exact) mass is 203 g/mol. The fourth-order valence-corrected chi connectivity index (χ4v) is 2.37. The van der Waals surface area contributed by atoms with Crippen molar-refractivity contribution in [1.29, 1.82) is 0 Å². The minimum atomic E-state index is 0.293. The number of hydrogen-bond acceptors (Lipinski definition) is 1. The normalized spacial score (nSPS) is 17.6. The average Bonchev–Trinajstić information content (AvgIpc) is 2.16. The van der Waals surface area contributed by atoms with Crippen LogP contribution < -0.4 is 0 Å². The fourth-order valence-electron chi connectivity index (χ4n) is 2.37. The van der Waals surface area contributed by atoms with Gasteiger partial charge in [0.05, 0.1) is 0 Å². The molecular formula is C14H21N. The summed E-state index contributed by atoms with van der Waals surface area (Å²) >= 11 is 0. The van der Waals surface area contributed by atoms with Crippen molar-refractivity contribution < 1.29 is 0 Å². The molecule has 1 aromatic rings. The van der Waals surface area contributed by atoms with E-state index in [2.05, 4.69) is 50.8 Å². The Kier molecular flexibility index (Phi) is 2.59. The van der Waals surface area contributed by atoms with Crippen molar-refractivity contribution in [2.75, 3.05) is 6.54 Å². The predicted molar refractivity (Wildman–Crippen MR) is 65.0 cm³/mol. The second kappa shape index (κ2) is 3.64. The van der Waals surface area contributed by atoms with Gasteiger partial charge in [0.1, 0.15) is 0 Å². The van der Waals surface area contributed by atoms with Gasteiger partial charge in [-0.15, -0.1) is 0 Å². The summed E-state index contributed by atoms with van der Waals surface area (Å²) in [4.78, 5) is 2.56. The van der Waals surface area contributed by atoms with Gasteiger partial charge >= 0.3 is 0 Å². The summed E-state index contributed by atoms with van der Waals surface area (Å²) in [5, 5.41) is 0. The number of fused-ring (bicyclic) bond motifs is 1. The van der Waals surface area contributed by atoms with Crippen LogP contribution in [0.15, 0.2) is 18.2 Å². The molecule has 1 aliphatic rings. The molecule has 0 aromatic heterocycles. The summed E-state index contributed by atoms with van der Waals surface area (Å²) in [6, 6.07) is 6.69. The molecule has 0 bridgehead atoms. The Morgan fingerprint density at radius 1 is 1.20 bits per heavy atom. The zero-order chi connectivity index (χ0) is 11.1. The molecule has 0 unspecified atom stereocenters. The van der Waals surface area contributed by atoms with Crippen LogP contribution in [0.5, 0.6) is 0 Å². The highest BCUT2D eigenvalue weighted by molar-refractivity contribution is 5.36. The topological polar surface area (TPSA) is 3.24 Å². The number of benzene rings is 1. The standard InChI is InChI=1S/C14H21N/c1-11-6-5-7-12-10-15(14(2,3)4)9-8-13(11)12/h5-7H,8-10H2,1-4H3. The Hall–Kier alpha value is -0.820. The highest BCUT2D eigenvalue weighted by Gasteiger charge is 2.25. The van der Waals surface area contributed by atoms with E-state index >= 15 is 0 Å². The fraction of sp³-hybridized carbons (Fsp3) is 0.571. The van der Waals surface area contributed by atoms with E-state index in [0.717, 1.165) is 6.54 Å². The van der Waals surface area contributed by atoms with Crippen molar-refractivity contribution in [3.63, 3.8) is 0 Å². The summed E-state index contributed by atoms with van der Waals surface area (Å²) < 4.78 is 0. The molecule has 0 saturated carbocycles. The summed E-state index contributed by atoms with van der Waals surface area (Å²) in [5.41, 5.74) is 4.86. The van der Waals surface area contributed by atoms with Crippen molar-refractivity contribution in [2.45, 2.75) is 46.2 Å². The first-order valence-electron chi connectivity index (χ1n) is 5.81. The Labute approximate surface area is 93.1 Å². The molecule has 0 aliphatic carbocycles. The Morgan fingerprint density at radius 2 is 1.93 bits per heavy atom. The quantitative estimate of drug-likeness (QED) is 0.626. The van der Waals surface area contributed by atoms with Crippen LogP contribution in [-0.2, 0) is 13.0 Å². The lowest BCUT2D eigenvalue weighted by Crippen LogP contribution is -2.44. The highest BCUT2D eigenvalue weighted by Crippen LogP contribution is 2.26. The lowest BCUT2D eigenvalue weighted by atomic mass is 9.92. The first-order valence-corrected chi connectivity index (χ1v) is 5.81. The predicted octanol–water partition coefficient (Wildman–Crippen LogP) is 3.15. The van der Waals surface area contributed by atoms with Gasteiger partial charge in [0.25, 0.3) is 0 Å². The lowest BCUT2D eigenvalue weighted by molar-refractivity contribution is 0.120. The molecule has 0 atom stereocenters. The zero-order valence-electron chi connectivity index (χ0n) is 10.3. The van der Waals surface area contributed by atoms with Gasteiger partial charge in [-0.2, -0.15) is 0 Å². The number of aryl methyl sites for hydroxylation is 1. The van der Waals surface area contributed by atoms with Crippen molar-refractivity contribution in [3.05, 3.63) is 34.9 Å². The molecule has 0 fully saturated rings. The van der Waals surface area contributed by atoms with E-state index in [9.17, 15) is 0 Å². The van der Waals surface area contributed by atoms with Gasteiger partial charge in [-0.25, -0.2) is 0 Å². The average molecular weight is 203 g/mol. The lowest BCUT2D eigenvalue weighted by Gasteiger charge is -2.39. The van der Waals surface area contributed by atoms with Gasteiger partial charge in [-0.05, 0) is 50.8 Å². The summed E-state index contributed by atoms with van der Waals surface area (Å²) in [6.45, 7) is 11.4. The molecule has 0 amide bonds. The molecule has 0 radical (unpaired) electrons. The maximum atomic E-state index is 2.56. The van der Waals surface area contributed by atoms with Crippen LogP contribution in [0.1, 0.15) is 37.5 Å². The van der Waals surface area contributed by atoms with E-state index in [1.165, 1.54) is 24.1 Å². The van der Waals surface area contributed by atoms with Crippen molar-refractivity contribution >= 4 is 0 Å². The van der Waals surface area contributed by atoms with Gasteiger partial charge in [-0.1, -0.05) is 18.2 Å². The molecule has 0 saturated heterocycles. The van der Waals surface area contributed by atoms with Gasteiger partial charge in [-0.3, -0.25) is 4.90 Å². The van der Waals surface area contributed by atoms with Crippen LogP contribution in [0.3, 0.4) is 0 Å². The van der Waals surface area contributed by atoms with Crippen LogP contribution in [0.2, 0.25) is 0 Å². The van der Waals surface area contributed by atoms with Gasteiger partial charge in [0.2, 0.25) is 0 Å². The summed E-state index contributed by atoms with van der Waals surface area (Å²) in [5.74, 6) is 0. The third kappa shape index (κ3) is 2.07. The van der Waals surface area contributed by atoms with Crippen molar-refractivity contribution in [1.82, 2.24) is 4.90 Å². The van der Waals surface area contributed by atoms with Crippen LogP contribution in [0.25, 0.3) is 0 Å². The van der Waals surface area contributed by atoms with Gasteiger partial charge < -0.3 is 0 Å². The molecule has 15 heavy (non-hydrogen) atoms. The van der Waals surface area contributed by atoms with E-state index in [4.69, 9.17) is 0 Å². The number of hydrogen-bond donors (Lipinski definition) is 0. The van der Waals surface area contributed by atoms with Crippen LogP contribution >= 0.6 is 0 Å². The number of nitrogens with zero attached hydrogens (tertiary/aromatic N) is 1. The molecule has 0 spiro atoms. The Balaban J connectivity index is 2.28. The third-order valence-corrected chi connectivity index (χ3v) is 3.45. The van der Waals surface area contributed by atoms with Crippen LogP contribution in [0.4, 0.5) is 0 Å². The molecule has 0 N–H and O–H groups in total. The Bertz CT molecular complexity index is 360. The summed E-state index contributed by atoms with van der Waals surface area (Å²) in [7, 11) is 0.